The molecule has 3 rings (SSSR count). The van der Waals surface area contributed by atoms with Crippen LogP contribution in [0.2, 0.25) is 0 Å². The van der Waals surface area contributed by atoms with Crippen molar-refractivity contribution in [3.63, 3.8) is 0 Å². The van der Waals surface area contributed by atoms with Gasteiger partial charge in [-0.15, -0.1) is 0 Å². The molecule has 1 aromatic carbocycles. The molecule has 142 valence electrons. The fraction of sp³-hybridized carbons (Fsp3) is 0.188. The second-order valence-electron chi connectivity index (χ2n) is 5.47. The monoisotopic (exact) mass is 487 g/mol. The first kappa shape index (κ1) is 19.4. The van der Waals surface area contributed by atoms with E-state index in [0.29, 0.717) is 5.52 Å². The largest absolute Gasteiger partial charge is 0.394 e. The summed E-state index contributed by atoms with van der Waals surface area (Å²) in [5, 5.41) is 20.9. The zero-order chi connectivity index (χ0) is 19.4. The van der Waals surface area contributed by atoms with Crippen LogP contribution in [0.25, 0.3) is 5.52 Å². The van der Waals surface area contributed by atoms with Gasteiger partial charge in [0.05, 0.1) is 30.2 Å². The molecule has 4 N–H and O–H groups in total. The van der Waals surface area contributed by atoms with Gasteiger partial charge in [0.2, 0.25) is 0 Å². The topological polar surface area (TPSA) is 121 Å². The molecule has 0 bridgehead atoms. The summed E-state index contributed by atoms with van der Waals surface area (Å²) in [5.41, 5.74) is 2.81. The van der Waals surface area contributed by atoms with Gasteiger partial charge in [-0.1, -0.05) is 0 Å². The molecule has 1 amide bonds. The van der Waals surface area contributed by atoms with Crippen LogP contribution in [0.1, 0.15) is 10.5 Å². The molecule has 9 nitrogen and oxygen atoms in total. The highest BCUT2D eigenvalue weighted by Gasteiger charge is 2.19. The summed E-state index contributed by atoms with van der Waals surface area (Å²) in [6.45, 7) is -0.807. The first-order valence-electron chi connectivity index (χ1n) is 7.73. The molecule has 3 aromatic rings. The van der Waals surface area contributed by atoms with E-state index in [1.54, 1.807) is 16.5 Å². The number of carbonyl (C=O) groups is 1. The number of rotatable bonds is 7. The lowest BCUT2D eigenvalue weighted by molar-refractivity contribution is -0.0296. The van der Waals surface area contributed by atoms with Crippen LogP contribution in [0.4, 0.5) is 15.9 Å². The SMILES string of the molecule is O=C(NOC[C@H](O)CO)c1ncc2cncn2c1Nc1ccc(I)cc1F. The highest BCUT2D eigenvalue weighted by atomic mass is 127. The summed E-state index contributed by atoms with van der Waals surface area (Å²) in [6, 6.07) is 4.61. The maximum absolute atomic E-state index is 14.2. The summed E-state index contributed by atoms with van der Waals surface area (Å²) in [5.74, 6) is -1.02. The van der Waals surface area contributed by atoms with Crippen LogP contribution in [0, 0.1) is 9.39 Å². The van der Waals surface area contributed by atoms with Gasteiger partial charge in [-0.05, 0) is 40.8 Å². The number of halogens is 2. The lowest BCUT2D eigenvalue weighted by Gasteiger charge is -2.14. The molecular formula is C16H15FIN5O4. The van der Waals surface area contributed by atoms with Gasteiger partial charge in [-0.25, -0.2) is 19.8 Å². The van der Waals surface area contributed by atoms with Crippen molar-refractivity contribution in [1.82, 2.24) is 19.8 Å². The summed E-state index contributed by atoms with van der Waals surface area (Å²) in [7, 11) is 0. The minimum atomic E-state index is -1.13. The van der Waals surface area contributed by atoms with Gasteiger partial charge in [0.15, 0.2) is 5.69 Å². The van der Waals surface area contributed by atoms with E-state index >= 15 is 0 Å². The summed E-state index contributed by atoms with van der Waals surface area (Å²) >= 11 is 1.99. The molecule has 1 atom stereocenters. The van der Waals surface area contributed by atoms with Gasteiger partial charge in [-0.2, -0.15) is 0 Å². The van der Waals surface area contributed by atoms with Crippen molar-refractivity contribution >= 4 is 45.5 Å². The Balaban J connectivity index is 1.91. The standard InChI is InChI=1S/C16H15FIN5O4/c17-12-3-9(18)1-2-13(12)21-15-14(16(26)22-27-7-11(25)6-24)20-5-10-4-19-8-23(10)15/h1-5,8,11,21,24-25H,6-7H2,(H,22,26)/t11-/m1/s1. The highest BCUT2D eigenvalue weighted by molar-refractivity contribution is 14.1. The third kappa shape index (κ3) is 4.50. The number of nitrogens with one attached hydrogen (secondary N) is 2. The second-order valence-corrected chi connectivity index (χ2v) is 6.72. The summed E-state index contributed by atoms with van der Waals surface area (Å²) in [6.07, 6.45) is 3.29. The van der Waals surface area contributed by atoms with E-state index in [1.165, 1.54) is 24.8 Å². The molecule has 0 saturated heterocycles. The van der Waals surface area contributed by atoms with Crippen molar-refractivity contribution in [2.24, 2.45) is 0 Å². The third-order valence-corrected chi connectivity index (χ3v) is 4.18. The van der Waals surface area contributed by atoms with Crippen LogP contribution in [-0.4, -0.2) is 49.8 Å². The Morgan fingerprint density at radius 2 is 2.22 bits per heavy atom. The van der Waals surface area contributed by atoms with E-state index < -0.39 is 24.4 Å². The van der Waals surface area contributed by atoms with Crippen LogP contribution in [0.5, 0.6) is 0 Å². The van der Waals surface area contributed by atoms with Crippen molar-refractivity contribution in [2.75, 3.05) is 18.5 Å². The van der Waals surface area contributed by atoms with Gasteiger partial charge < -0.3 is 15.5 Å². The van der Waals surface area contributed by atoms with Crippen LogP contribution < -0.4 is 10.8 Å². The Morgan fingerprint density at radius 3 is 2.96 bits per heavy atom. The van der Waals surface area contributed by atoms with E-state index in [4.69, 9.17) is 9.94 Å². The van der Waals surface area contributed by atoms with Crippen molar-refractivity contribution in [3.8, 4) is 0 Å². The zero-order valence-electron chi connectivity index (χ0n) is 13.8. The van der Waals surface area contributed by atoms with E-state index in [-0.39, 0.29) is 23.8 Å². The summed E-state index contributed by atoms with van der Waals surface area (Å²) < 4.78 is 16.5. The fourth-order valence-electron chi connectivity index (χ4n) is 2.20. The number of amides is 1. The smallest absolute Gasteiger partial charge is 0.297 e. The number of hydrogen-bond donors (Lipinski definition) is 4. The van der Waals surface area contributed by atoms with Gasteiger partial charge in [-0.3, -0.25) is 14.0 Å². The second kappa shape index (κ2) is 8.56. The molecule has 2 aromatic heterocycles. The quantitative estimate of drug-likeness (QED) is 0.292. The van der Waals surface area contributed by atoms with Crippen LogP contribution in [-0.2, 0) is 4.84 Å². The number of hydrogen-bond acceptors (Lipinski definition) is 7. The first-order valence-corrected chi connectivity index (χ1v) is 8.81. The number of imidazole rings is 1. The maximum atomic E-state index is 14.2. The van der Waals surface area contributed by atoms with Crippen molar-refractivity contribution < 1.29 is 24.2 Å². The lowest BCUT2D eigenvalue weighted by atomic mass is 10.3. The molecule has 11 heteroatoms. The number of hydroxylamine groups is 1. The Bertz CT molecular complexity index is 967. The van der Waals surface area contributed by atoms with Crippen LogP contribution in [0.15, 0.2) is 36.9 Å². The molecule has 0 aliphatic heterocycles. The Labute approximate surface area is 166 Å². The van der Waals surface area contributed by atoms with E-state index in [1.807, 2.05) is 22.6 Å². The Kier molecular flexibility index (Phi) is 6.15. The van der Waals surface area contributed by atoms with Crippen molar-refractivity contribution in [2.45, 2.75) is 6.10 Å². The minimum Gasteiger partial charge on any atom is -0.394 e. The summed E-state index contributed by atoms with van der Waals surface area (Å²) in [4.78, 5) is 25.4. The van der Waals surface area contributed by atoms with Gasteiger partial charge in [0, 0.05) is 3.57 Å². The lowest BCUT2D eigenvalue weighted by Crippen LogP contribution is -2.31. The van der Waals surface area contributed by atoms with E-state index in [2.05, 4.69) is 20.8 Å². The Hall–Kier alpha value is -2.35. The van der Waals surface area contributed by atoms with E-state index in [0.717, 1.165) is 3.57 Å². The molecule has 2 heterocycles. The van der Waals surface area contributed by atoms with Gasteiger partial charge in [0.1, 0.15) is 30.7 Å². The number of aliphatic hydroxyl groups is 2. The molecule has 0 aliphatic carbocycles. The molecule has 27 heavy (non-hydrogen) atoms. The first-order chi connectivity index (χ1) is 13.0. The minimum absolute atomic E-state index is 0.0723. The Morgan fingerprint density at radius 1 is 1.41 bits per heavy atom. The number of anilines is 2. The average Bonchev–Trinajstić information content (AvgIpc) is 3.12. The van der Waals surface area contributed by atoms with Gasteiger partial charge in [0.25, 0.3) is 5.91 Å². The predicted octanol–water partition coefficient (Wildman–Crippen LogP) is 1.23. The number of aromatic nitrogens is 3. The normalized spacial score (nSPS) is 12.1. The molecule has 0 fully saturated rings. The molecule has 0 unspecified atom stereocenters. The average molecular weight is 487 g/mol. The molecule has 0 saturated carbocycles. The van der Waals surface area contributed by atoms with Crippen LogP contribution in [0.3, 0.4) is 0 Å². The molecule has 0 spiro atoms. The zero-order valence-corrected chi connectivity index (χ0v) is 15.9. The fourth-order valence-corrected chi connectivity index (χ4v) is 2.66. The number of nitrogens with zero attached hydrogens (tertiary/aromatic N) is 3. The van der Waals surface area contributed by atoms with E-state index in [9.17, 15) is 14.3 Å². The van der Waals surface area contributed by atoms with Crippen molar-refractivity contribution in [1.29, 1.82) is 0 Å². The molecule has 0 aliphatic rings. The number of aliphatic hydroxyl groups excluding tert-OH is 2. The molecular weight excluding hydrogens is 472 g/mol. The highest BCUT2D eigenvalue weighted by Crippen LogP contribution is 2.24. The third-order valence-electron chi connectivity index (χ3n) is 3.51. The number of fused-ring (bicyclic) bond motifs is 1. The maximum Gasteiger partial charge on any atom is 0.297 e. The van der Waals surface area contributed by atoms with Crippen molar-refractivity contribution in [3.05, 3.63) is 52.0 Å². The van der Waals surface area contributed by atoms with Gasteiger partial charge >= 0.3 is 0 Å². The predicted molar refractivity (Wildman–Crippen MR) is 102 cm³/mol. The number of carbonyl (C=O) groups excluding carboxylic acids is 1. The number of benzene rings is 1. The van der Waals surface area contributed by atoms with Crippen LogP contribution >= 0.6 is 22.6 Å². The molecule has 0 radical (unpaired) electrons.